The fourth-order valence-electron chi connectivity index (χ4n) is 3.64. The number of benzene rings is 2. The molecule has 2 heterocycles. The van der Waals surface area contributed by atoms with Crippen LogP contribution in [0.15, 0.2) is 60.7 Å². The number of rotatable bonds is 2. The molecule has 3 nitrogen and oxygen atoms in total. The lowest BCUT2D eigenvalue weighted by atomic mass is 9.85. The quantitative estimate of drug-likeness (QED) is 0.839. The van der Waals surface area contributed by atoms with E-state index in [-0.39, 0.29) is 5.60 Å². The van der Waals surface area contributed by atoms with Crippen molar-refractivity contribution in [3.8, 4) is 11.8 Å². The smallest absolute Gasteiger partial charge is 0.131 e. The summed E-state index contributed by atoms with van der Waals surface area (Å²) < 4.78 is 6.34. The fraction of sp³-hybridized carbons (Fsp3) is 0.286. The molecule has 0 radical (unpaired) electrons. The molecule has 0 atom stereocenters. The third kappa shape index (κ3) is 2.81. The van der Waals surface area contributed by atoms with E-state index in [2.05, 4.69) is 47.4 Å². The number of nitrogens with zero attached hydrogens (tertiary/aromatic N) is 2. The Morgan fingerprint density at radius 2 is 1.71 bits per heavy atom. The van der Waals surface area contributed by atoms with Crippen LogP contribution in [0.3, 0.4) is 0 Å². The van der Waals surface area contributed by atoms with Crippen LogP contribution in [0.5, 0.6) is 5.75 Å². The van der Waals surface area contributed by atoms with Crippen LogP contribution in [-0.2, 0) is 6.54 Å². The highest BCUT2D eigenvalue weighted by Crippen LogP contribution is 2.40. The van der Waals surface area contributed by atoms with Crippen molar-refractivity contribution in [2.24, 2.45) is 0 Å². The number of likely N-dealkylation sites (tertiary alicyclic amines) is 1. The van der Waals surface area contributed by atoms with Crippen molar-refractivity contribution in [3.63, 3.8) is 0 Å². The van der Waals surface area contributed by atoms with E-state index in [0.717, 1.165) is 49.4 Å². The molecule has 0 aromatic heterocycles. The lowest BCUT2D eigenvalue weighted by Gasteiger charge is -2.42. The molecule has 2 aliphatic heterocycles. The van der Waals surface area contributed by atoms with Gasteiger partial charge in [-0.25, -0.2) is 0 Å². The molecular formula is C21H20N2O. The first-order valence-electron chi connectivity index (χ1n) is 8.46. The van der Waals surface area contributed by atoms with Gasteiger partial charge in [-0.1, -0.05) is 42.5 Å². The number of hydrogen-bond donors (Lipinski definition) is 0. The second-order valence-corrected chi connectivity index (χ2v) is 6.59. The Hall–Kier alpha value is -2.57. The van der Waals surface area contributed by atoms with Gasteiger partial charge in [0.25, 0.3) is 0 Å². The van der Waals surface area contributed by atoms with E-state index in [4.69, 9.17) is 4.74 Å². The Morgan fingerprint density at radius 1 is 1.00 bits per heavy atom. The van der Waals surface area contributed by atoms with Crippen molar-refractivity contribution in [1.29, 1.82) is 5.26 Å². The highest BCUT2D eigenvalue weighted by atomic mass is 16.5. The second kappa shape index (κ2) is 6.14. The standard InChI is InChI=1S/C21H20N2O/c22-15-18-14-21(24-20-9-5-4-8-19(18)20)10-12-23(13-11-21)16-17-6-2-1-3-7-17/h1-9,14H,10-13,16H2. The first kappa shape index (κ1) is 15.0. The maximum atomic E-state index is 9.51. The molecule has 0 bridgehead atoms. The Bertz CT molecular complexity index is 796. The zero-order valence-corrected chi connectivity index (χ0v) is 13.6. The zero-order valence-electron chi connectivity index (χ0n) is 13.6. The highest BCUT2D eigenvalue weighted by Gasteiger charge is 2.38. The van der Waals surface area contributed by atoms with Crippen molar-refractivity contribution in [1.82, 2.24) is 4.90 Å². The Morgan fingerprint density at radius 3 is 2.46 bits per heavy atom. The van der Waals surface area contributed by atoms with Crippen molar-refractivity contribution in [2.45, 2.75) is 25.0 Å². The maximum Gasteiger partial charge on any atom is 0.131 e. The Balaban J connectivity index is 1.50. The summed E-state index contributed by atoms with van der Waals surface area (Å²) in [4.78, 5) is 2.46. The van der Waals surface area contributed by atoms with Gasteiger partial charge in [-0.15, -0.1) is 0 Å². The second-order valence-electron chi connectivity index (χ2n) is 6.59. The maximum absolute atomic E-state index is 9.51. The van der Waals surface area contributed by atoms with Crippen molar-refractivity contribution < 1.29 is 4.74 Å². The minimum Gasteiger partial charge on any atom is -0.482 e. The zero-order chi connectivity index (χ0) is 16.4. The van der Waals surface area contributed by atoms with Gasteiger partial charge in [0, 0.05) is 38.0 Å². The van der Waals surface area contributed by atoms with Crippen LogP contribution >= 0.6 is 0 Å². The van der Waals surface area contributed by atoms with Crippen LogP contribution in [-0.4, -0.2) is 23.6 Å². The largest absolute Gasteiger partial charge is 0.482 e. The number of para-hydroxylation sites is 1. The van der Waals surface area contributed by atoms with Crippen LogP contribution in [0, 0.1) is 11.3 Å². The molecule has 2 aliphatic rings. The van der Waals surface area contributed by atoms with Crippen LogP contribution in [0.25, 0.3) is 5.57 Å². The summed E-state index contributed by atoms with van der Waals surface area (Å²) in [7, 11) is 0. The third-order valence-corrected chi connectivity index (χ3v) is 4.97. The molecule has 120 valence electrons. The van der Waals surface area contributed by atoms with Gasteiger partial charge >= 0.3 is 0 Å². The number of ether oxygens (including phenoxy) is 1. The first-order chi connectivity index (χ1) is 11.8. The lowest BCUT2D eigenvalue weighted by Crippen LogP contribution is -2.47. The summed E-state index contributed by atoms with van der Waals surface area (Å²) >= 11 is 0. The van der Waals surface area contributed by atoms with Gasteiger partial charge in [0.1, 0.15) is 11.4 Å². The van der Waals surface area contributed by atoms with Crippen LogP contribution in [0.2, 0.25) is 0 Å². The molecule has 0 unspecified atom stereocenters. The molecule has 1 fully saturated rings. The summed E-state index contributed by atoms with van der Waals surface area (Å²) in [6.45, 7) is 2.93. The van der Waals surface area contributed by atoms with E-state index in [9.17, 15) is 5.26 Å². The van der Waals surface area contributed by atoms with E-state index in [1.54, 1.807) is 0 Å². The molecule has 4 rings (SSSR count). The Labute approximate surface area is 142 Å². The first-order valence-corrected chi connectivity index (χ1v) is 8.46. The highest BCUT2D eigenvalue weighted by molar-refractivity contribution is 5.82. The monoisotopic (exact) mass is 316 g/mol. The summed E-state index contributed by atoms with van der Waals surface area (Å²) in [5.74, 6) is 0.841. The molecule has 24 heavy (non-hydrogen) atoms. The number of hydrogen-bond acceptors (Lipinski definition) is 3. The summed E-state index contributed by atoms with van der Waals surface area (Å²) in [6.07, 6.45) is 3.88. The number of nitriles is 1. The molecule has 0 saturated carbocycles. The number of allylic oxidation sites excluding steroid dienone is 1. The van der Waals surface area contributed by atoms with Crippen LogP contribution in [0.4, 0.5) is 0 Å². The van der Waals surface area contributed by atoms with Gasteiger partial charge in [-0.05, 0) is 23.8 Å². The molecule has 2 aromatic rings. The minimum atomic E-state index is -0.327. The molecule has 2 aromatic carbocycles. The van der Waals surface area contributed by atoms with Crippen molar-refractivity contribution in [3.05, 3.63) is 71.8 Å². The van der Waals surface area contributed by atoms with E-state index >= 15 is 0 Å². The lowest BCUT2D eigenvalue weighted by molar-refractivity contribution is 0.0357. The average Bonchev–Trinajstić information content (AvgIpc) is 2.64. The molecular weight excluding hydrogens is 296 g/mol. The van der Waals surface area contributed by atoms with E-state index in [0.29, 0.717) is 0 Å². The van der Waals surface area contributed by atoms with Gasteiger partial charge in [-0.3, -0.25) is 4.90 Å². The number of piperidine rings is 1. The molecule has 0 N–H and O–H groups in total. The van der Waals surface area contributed by atoms with E-state index in [1.165, 1.54) is 5.56 Å². The van der Waals surface area contributed by atoms with Crippen molar-refractivity contribution in [2.75, 3.05) is 13.1 Å². The molecule has 1 saturated heterocycles. The van der Waals surface area contributed by atoms with Gasteiger partial charge in [0.15, 0.2) is 0 Å². The van der Waals surface area contributed by atoms with Gasteiger partial charge < -0.3 is 4.74 Å². The van der Waals surface area contributed by atoms with E-state index < -0.39 is 0 Å². The van der Waals surface area contributed by atoms with Gasteiger partial charge in [-0.2, -0.15) is 5.26 Å². The summed E-state index contributed by atoms with van der Waals surface area (Å²) in [5.41, 5.74) is 2.68. The minimum absolute atomic E-state index is 0.327. The van der Waals surface area contributed by atoms with Crippen LogP contribution in [0.1, 0.15) is 24.0 Å². The molecule has 0 aliphatic carbocycles. The molecule has 0 amide bonds. The van der Waals surface area contributed by atoms with Crippen molar-refractivity contribution >= 4 is 5.57 Å². The van der Waals surface area contributed by atoms with Gasteiger partial charge in [0.05, 0.1) is 11.6 Å². The Kier molecular flexibility index (Phi) is 3.84. The van der Waals surface area contributed by atoms with Gasteiger partial charge in [0.2, 0.25) is 0 Å². The number of fused-ring (bicyclic) bond motifs is 1. The normalized spacial score (nSPS) is 19.0. The third-order valence-electron chi connectivity index (χ3n) is 4.97. The average molecular weight is 316 g/mol. The summed E-state index contributed by atoms with van der Waals surface area (Å²) in [5, 5.41) is 9.51. The van der Waals surface area contributed by atoms with E-state index in [1.807, 2.05) is 24.3 Å². The topological polar surface area (TPSA) is 36.3 Å². The summed E-state index contributed by atoms with van der Waals surface area (Å²) in [6, 6.07) is 20.8. The predicted molar refractivity (Wildman–Crippen MR) is 94.3 cm³/mol. The molecule has 1 spiro atoms. The van der Waals surface area contributed by atoms with Crippen LogP contribution < -0.4 is 4.74 Å². The molecule has 3 heteroatoms. The SMILES string of the molecule is N#CC1=CC2(CCN(Cc3ccccc3)CC2)Oc2ccccc21. The predicted octanol–water partition coefficient (Wildman–Crippen LogP) is 4.02. The fourth-order valence-corrected chi connectivity index (χ4v) is 3.64.